The third-order valence-electron chi connectivity index (χ3n) is 4.09. The van der Waals surface area contributed by atoms with Gasteiger partial charge in [0.2, 0.25) is 0 Å². The Balaban J connectivity index is 2.19. The highest BCUT2D eigenvalue weighted by Gasteiger charge is 2.30. The predicted molar refractivity (Wildman–Crippen MR) is 73.0 cm³/mol. The third kappa shape index (κ3) is 2.69. The van der Waals surface area contributed by atoms with Gasteiger partial charge in [-0.3, -0.25) is 4.68 Å². The Morgan fingerprint density at radius 2 is 2.22 bits per heavy atom. The summed E-state index contributed by atoms with van der Waals surface area (Å²) in [5.74, 6) is 2.24. The molecule has 1 heterocycles. The Labute approximate surface area is 110 Å². The summed E-state index contributed by atoms with van der Waals surface area (Å²) in [7, 11) is 3.76. The van der Waals surface area contributed by atoms with Crippen LogP contribution in [-0.2, 0) is 7.05 Å². The molecule has 0 spiro atoms. The lowest BCUT2D eigenvalue weighted by molar-refractivity contribution is 0.279. The van der Waals surface area contributed by atoms with Crippen LogP contribution in [0.15, 0.2) is 6.20 Å². The minimum absolute atomic E-state index is 0.584. The summed E-state index contributed by atoms with van der Waals surface area (Å²) in [5.41, 5.74) is 1.28. The summed E-state index contributed by atoms with van der Waals surface area (Å²) in [6.07, 6.45) is 7.08. The van der Waals surface area contributed by atoms with Gasteiger partial charge in [-0.2, -0.15) is 5.10 Å². The molecule has 0 radical (unpaired) electrons. The van der Waals surface area contributed by atoms with Crippen molar-refractivity contribution in [3.63, 3.8) is 0 Å². The van der Waals surface area contributed by atoms with Crippen molar-refractivity contribution in [1.29, 1.82) is 0 Å². The van der Waals surface area contributed by atoms with Crippen molar-refractivity contribution in [1.82, 2.24) is 15.1 Å². The summed E-state index contributed by atoms with van der Waals surface area (Å²) in [6, 6.07) is 0. The molecule has 2 atom stereocenters. The summed E-state index contributed by atoms with van der Waals surface area (Å²) >= 11 is 0. The monoisotopic (exact) mass is 251 g/mol. The smallest absolute Gasteiger partial charge is 0.160 e. The van der Waals surface area contributed by atoms with Crippen molar-refractivity contribution in [2.45, 2.75) is 38.5 Å². The topological polar surface area (TPSA) is 39.1 Å². The van der Waals surface area contributed by atoms with Gasteiger partial charge < -0.3 is 10.1 Å². The van der Waals surface area contributed by atoms with Crippen molar-refractivity contribution >= 4 is 0 Å². The van der Waals surface area contributed by atoms with Gasteiger partial charge in [-0.05, 0) is 31.8 Å². The van der Waals surface area contributed by atoms with Gasteiger partial charge in [-0.15, -0.1) is 0 Å². The fourth-order valence-electron chi connectivity index (χ4n) is 3.15. The standard InChI is InChI=1S/C14H25N3O/c1-4-15-9-11-7-5-6-8-12(11)14-13(18-3)10-16-17(14)2/h10-12,15H,4-9H2,1-3H3. The Morgan fingerprint density at radius 1 is 1.44 bits per heavy atom. The van der Waals surface area contributed by atoms with Gasteiger partial charge in [-0.1, -0.05) is 19.8 Å². The van der Waals surface area contributed by atoms with Crippen LogP contribution < -0.4 is 10.1 Å². The number of aromatic nitrogens is 2. The molecule has 1 saturated carbocycles. The van der Waals surface area contributed by atoms with Crippen LogP contribution in [0, 0.1) is 5.92 Å². The second-order valence-electron chi connectivity index (χ2n) is 5.18. The molecule has 0 aromatic carbocycles. The van der Waals surface area contributed by atoms with E-state index in [1.54, 1.807) is 7.11 Å². The minimum atomic E-state index is 0.584. The Hall–Kier alpha value is -1.03. The van der Waals surface area contributed by atoms with Gasteiger partial charge in [0.25, 0.3) is 0 Å². The molecule has 4 heteroatoms. The molecule has 2 rings (SSSR count). The molecule has 1 aromatic rings. The van der Waals surface area contributed by atoms with Crippen molar-refractivity contribution < 1.29 is 4.74 Å². The van der Waals surface area contributed by atoms with Crippen LogP contribution in [0.3, 0.4) is 0 Å². The molecule has 102 valence electrons. The molecule has 0 amide bonds. The highest BCUT2D eigenvalue weighted by Crippen LogP contribution is 2.40. The van der Waals surface area contributed by atoms with Crippen LogP contribution in [0.1, 0.15) is 44.2 Å². The van der Waals surface area contributed by atoms with Gasteiger partial charge in [0, 0.05) is 13.0 Å². The van der Waals surface area contributed by atoms with E-state index in [-0.39, 0.29) is 0 Å². The van der Waals surface area contributed by atoms with E-state index in [4.69, 9.17) is 4.74 Å². The van der Waals surface area contributed by atoms with E-state index in [1.807, 2.05) is 17.9 Å². The summed E-state index contributed by atoms with van der Waals surface area (Å²) in [4.78, 5) is 0. The molecule has 0 aliphatic heterocycles. The number of aryl methyl sites for hydroxylation is 1. The second-order valence-corrected chi connectivity index (χ2v) is 5.18. The SMILES string of the molecule is CCNCC1CCCCC1c1c(OC)cnn1C. The molecule has 1 fully saturated rings. The first kappa shape index (κ1) is 13.4. The quantitative estimate of drug-likeness (QED) is 0.873. The van der Waals surface area contributed by atoms with Crippen molar-refractivity contribution in [3.05, 3.63) is 11.9 Å². The zero-order valence-corrected chi connectivity index (χ0v) is 11.8. The van der Waals surface area contributed by atoms with E-state index in [0.717, 1.165) is 18.8 Å². The third-order valence-corrected chi connectivity index (χ3v) is 4.09. The van der Waals surface area contributed by atoms with Crippen LogP contribution >= 0.6 is 0 Å². The highest BCUT2D eigenvalue weighted by molar-refractivity contribution is 5.29. The van der Waals surface area contributed by atoms with E-state index in [2.05, 4.69) is 17.3 Å². The van der Waals surface area contributed by atoms with Gasteiger partial charge in [-0.25, -0.2) is 0 Å². The number of nitrogens with one attached hydrogen (secondary N) is 1. The average Bonchev–Trinajstić information content (AvgIpc) is 2.77. The van der Waals surface area contributed by atoms with Crippen LogP contribution in [0.25, 0.3) is 0 Å². The van der Waals surface area contributed by atoms with E-state index in [0.29, 0.717) is 11.8 Å². The largest absolute Gasteiger partial charge is 0.493 e. The van der Waals surface area contributed by atoms with Gasteiger partial charge in [0.15, 0.2) is 5.75 Å². The predicted octanol–water partition coefficient (Wildman–Crippen LogP) is 2.31. The normalized spacial score (nSPS) is 24.2. The lowest BCUT2D eigenvalue weighted by Gasteiger charge is -2.32. The summed E-state index contributed by atoms with van der Waals surface area (Å²) in [6.45, 7) is 4.32. The number of hydrogen-bond donors (Lipinski definition) is 1. The molecule has 1 aliphatic rings. The summed E-state index contributed by atoms with van der Waals surface area (Å²) in [5, 5.41) is 7.84. The molecule has 18 heavy (non-hydrogen) atoms. The number of ether oxygens (including phenoxy) is 1. The molecule has 1 aromatic heterocycles. The lowest BCUT2D eigenvalue weighted by Crippen LogP contribution is -2.30. The maximum Gasteiger partial charge on any atom is 0.160 e. The zero-order valence-electron chi connectivity index (χ0n) is 11.8. The first-order chi connectivity index (χ1) is 8.77. The van der Waals surface area contributed by atoms with Gasteiger partial charge >= 0.3 is 0 Å². The Bertz CT molecular complexity index is 375. The Kier molecular flexibility index (Phi) is 4.64. The first-order valence-electron chi connectivity index (χ1n) is 7.04. The van der Waals surface area contributed by atoms with Gasteiger partial charge in [0.05, 0.1) is 19.0 Å². The fraction of sp³-hybridized carbons (Fsp3) is 0.786. The van der Waals surface area contributed by atoms with Crippen molar-refractivity contribution in [2.75, 3.05) is 20.2 Å². The van der Waals surface area contributed by atoms with Gasteiger partial charge in [0.1, 0.15) is 0 Å². The lowest BCUT2D eigenvalue weighted by atomic mass is 9.77. The number of methoxy groups -OCH3 is 1. The van der Waals surface area contributed by atoms with E-state index >= 15 is 0 Å². The molecule has 0 bridgehead atoms. The summed E-state index contributed by atoms with van der Waals surface area (Å²) < 4.78 is 7.46. The van der Waals surface area contributed by atoms with Crippen LogP contribution in [0.5, 0.6) is 5.75 Å². The maximum atomic E-state index is 5.47. The molecular formula is C14H25N3O. The Morgan fingerprint density at radius 3 is 2.94 bits per heavy atom. The molecule has 2 unspecified atom stereocenters. The molecule has 1 N–H and O–H groups in total. The van der Waals surface area contributed by atoms with Crippen molar-refractivity contribution in [3.8, 4) is 5.75 Å². The highest BCUT2D eigenvalue weighted by atomic mass is 16.5. The van der Waals surface area contributed by atoms with E-state index in [9.17, 15) is 0 Å². The first-order valence-corrected chi connectivity index (χ1v) is 7.04. The fourth-order valence-corrected chi connectivity index (χ4v) is 3.15. The number of rotatable bonds is 5. The maximum absolute atomic E-state index is 5.47. The van der Waals surface area contributed by atoms with Crippen molar-refractivity contribution in [2.24, 2.45) is 13.0 Å². The van der Waals surface area contributed by atoms with E-state index in [1.165, 1.54) is 31.4 Å². The van der Waals surface area contributed by atoms with E-state index < -0.39 is 0 Å². The zero-order chi connectivity index (χ0) is 13.0. The second kappa shape index (κ2) is 6.23. The van der Waals surface area contributed by atoms with Crippen LogP contribution in [0.4, 0.5) is 0 Å². The molecule has 4 nitrogen and oxygen atoms in total. The van der Waals surface area contributed by atoms with Crippen LogP contribution in [0.2, 0.25) is 0 Å². The average molecular weight is 251 g/mol. The molecular weight excluding hydrogens is 226 g/mol. The number of nitrogens with zero attached hydrogens (tertiary/aromatic N) is 2. The van der Waals surface area contributed by atoms with Crippen LogP contribution in [-0.4, -0.2) is 30.0 Å². The molecule has 1 aliphatic carbocycles. The number of hydrogen-bond acceptors (Lipinski definition) is 3. The molecule has 0 saturated heterocycles. The minimum Gasteiger partial charge on any atom is -0.493 e.